The van der Waals surface area contributed by atoms with Crippen LogP contribution in [0.1, 0.15) is 33.4 Å². The van der Waals surface area contributed by atoms with Crippen LogP contribution in [0.2, 0.25) is 0 Å². The molecule has 0 atom stereocenters. The molecular formula is C45H40FN5O5. The summed E-state index contributed by atoms with van der Waals surface area (Å²) in [5.41, 5.74) is 11.9. The average Bonchev–Trinajstić information content (AvgIpc) is 3.23. The molecule has 0 unspecified atom stereocenters. The van der Waals surface area contributed by atoms with Crippen LogP contribution >= 0.6 is 0 Å². The smallest absolute Gasteiger partial charge is 0.435 e. The van der Waals surface area contributed by atoms with Gasteiger partial charge in [0.05, 0.1) is 12.1 Å². The lowest BCUT2D eigenvalue weighted by Gasteiger charge is -2.17. The van der Waals surface area contributed by atoms with Gasteiger partial charge < -0.3 is 25.8 Å². The number of aliphatic imine (C=N–C) groups is 1. The van der Waals surface area contributed by atoms with Crippen molar-refractivity contribution in [1.82, 2.24) is 5.32 Å². The number of hydrogen-bond acceptors (Lipinski definition) is 6. The van der Waals surface area contributed by atoms with Crippen LogP contribution in [0, 0.1) is 5.82 Å². The van der Waals surface area contributed by atoms with Gasteiger partial charge in [0.2, 0.25) is 5.91 Å². The highest BCUT2D eigenvalue weighted by molar-refractivity contribution is 6.02. The Kier molecular flexibility index (Phi) is 13.2. The molecule has 6 rings (SSSR count). The molecule has 0 aliphatic heterocycles. The topological polar surface area (TPSA) is 144 Å². The maximum atomic E-state index is 16.4. The minimum absolute atomic E-state index is 0.00856. The number of nitrogens with two attached hydrogens (primary N) is 1. The van der Waals surface area contributed by atoms with Crippen LogP contribution in [0.25, 0.3) is 11.1 Å². The lowest BCUT2D eigenvalue weighted by molar-refractivity contribution is -0.120. The second-order valence-electron chi connectivity index (χ2n) is 12.7. The van der Waals surface area contributed by atoms with E-state index in [2.05, 4.69) is 20.9 Å². The zero-order valence-electron chi connectivity index (χ0n) is 30.4. The molecule has 56 heavy (non-hydrogen) atoms. The Morgan fingerprint density at radius 3 is 1.91 bits per heavy atom. The number of carbonyl (C=O) groups excluding carboxylic acids is 3. The number of rotatable bonds is 14. The number of nitrogens with zero attached hydrogens (tertiary/aromatic N) is 1. The van der Waals surface area contributed by atoms with E-state index in [-0.39, 0.29) is 43.3 Å². The lowest BCUT2D eigenvalue weighted by atomic mass is 9.95. The van der Waals surface area contributed by atoms with Crippen molar-refractivity contribution in [1.29, 1.82) is 0 Å². The molecule has 0 saturated carbocycles. The van der Waals surface area contributed by atoms with Gasteiger partial charge in [-0.15, -0.1) is 0 Å². The Morgan fingerprint density at radius 1 is 0.643 bits per heavy atom. The van der Waals surface area contributed by atoms with Crippen LogP contribution in [0.4, 0.5) is 25.4 Å². The van der Waals surface area contributed by atoms with Crippen LogP contribution < -0.4 is 21.7 Å². The first kappa shape index (κ1) is 38.5. The standard InChI is InChI=1S/C45H40FN5O5/c46-42-39(26-41(52)49-28-32-19-21-35(22-20-32)43(47)51-45(54)56-30-34-15-8-3-9-16-34)38(23-24-40(42)48-27-31-11-4-1-5-12-31)36-17-10-18-37(25-36)50-44(53)55-29-33-13-6-2-7-14-33/h1-25,48H,26-30H2,(H,49,52)(H,50,53)(H2,47,51,54). The molecule has 0 radical (unpaired) electrons. The number of carbonyl (C=O) groups is 3. The molecule has 6 aromatic carbocycles. The lowest BCUT2D eigenvalue weighted by Crippen LogP contribution is -2.25. The van der Waals surface area contributed by atoms with E-state index < -0.39 is 23.9 Å². The average molecular weight is 750 g/mol. The fraction of sp³-hybridized carbons (Fsp3) is 0.111. The van der Waals surface area contributed by atoms with Crippen molar-refractivity contribution < 1.29 is 28.2 Å². The van der Waals surface area contributed by atoms with Crippen molar-refractivity contribution in [3.63, 3.8) is 0 Å². The van der Waals surface area contributed by atoms with Gasteiger partial charge in [-0.3, -0.25) is 10.1 Å². The highest BCUT2D eigenvalue weighted by Crippen LogP contribution is 2.32. The number of halogens is 1. The number of benzene rings is 6. The highest BCUT2D eigenvalue weighted by Gasteiger charge is 2.19. The summed E-state index contributed by atoms with van der Waals surface area (Å²) in [6.45, 7) is 0.716. The maximum absolute atomic E-state index is 16.4. The van der Waals surface area contributed by atoms with Gasteiger partial charge in [0, 0.05) is 29.9 Å². The van der Waals surface area contributed by atoms with Gasteiger partial charge in [-0.25, -0.2) is 14.0 Å². The van der Waals surface area contributed by atoms with Gasteiger partial charge in [-0.2, -0.15) is 4.99 Å². The quantitative estimate of drug-likeness (QED) is 0.0644. The summed E-state index contributed by atoms with van der Waals surface area (Å²) in [6, 6.07) is 45.3. The Hall–Kier alpha value is -7.27. The van der Waals surface area contributed by atoms with E-state index in [1.807, 2.05) is 91.0 Å². The van der Waals surface area contributed by atoms with Crippen LogP contribution in [0.15, 0.2) is 157 Å². The van der Waals surface area contributed by atoms with Crippen molar-refractivity contribution in [2.45, 2.75) is 32.7 Å². The number of nitrogens with one attached hydrogen (secondary N) is 3. The molecule has 6 aromatic rings. The molecule has 0 bridgehead atoms. The van der Waals surface area contributed by atoms with E-state index in [1.54, 1.807) is 60.7 Å². The fourth-order valence-electron chi connectivity index (χ4n) is 5.77. The molecule has 5 N–H and O–H groups in total. The molecule has 282 valence electrons. The minimum Gasteiger partial charge on any atom is -0.444 e. The number of anilines is 2. The molecule has 0 heterocycles. The summed E-state index contributed by atoms with van der Waals surface area (Å²) >= 11 is 0. The van der Waals surface area contributed by atoms with Crippen molar-refractivity contribution in [3.8, 4) is 11.1 Å². The predicted octanol–water partition coefficient (Wildman–Crippen LogP) is 8.75. The Labute approximate surface area is 324 Å². The van der Waals surface area contributed by atoms with Gasteiger partial charge >= 0.3 is 12.2 Å². The van der Waals surface area contributed by atoms with Crippen molar-refractivity contribution in [2.75, 3.05) is 10.6 Å². The third-order valence-electron chi connectivity index (χ3n) is 8.70. The number of amidine groups is 1. The van der Waals surface area contributed by atoms with Crippen molar-refractivity contribution in [3.05, 3.63) is 191 Å². The molecule has 10 nitrogen and oxygen atoms in total. The van der Waals surface area contributed by atoms with Crippen molar-refractivity contribution in [2.24, 2.45) is 10.7 Å². The predicted molar refractivity (Wildman–Crippen MR) is 215 cm³/mol. The van der Waals surface area contributed by atoms with Gasteiger partial charge in [-0.05, 0) is 51.6 Å². The van der Waals surface area contributed by atoms with E-state index in [4.69, 9.17) is 15.2 Å². The van der Waals surface area contributed by atoms with E-state index in [1.165, 1.54) is 0 Å². The normalized spacial score (nSPS) is 11.0. The third-order valence-corrected chi connectivity index (χ3v) is 8.70. The van der Waals surface area contributed by atoms with Gasteiger partial charge in [0.25, 0.3) is 0 Å². The monoisotopic (exact) mass is 749 g/mol. The summed E-state index contributed by atoms with van der Waals surface area (Å²) in [7, 11) is 0. The molecule has 0 aliphatic rings. The van der Waals surface area contributed by atoms with Gasteiger partial charge in [0.15, 0.2) is 5.82 Å². The van der Waals surface area contributed by atoms with Crippen molar-refractivity contribution >= 4 is 35.3 Å². The molecule has 0 aliphatic carbocycles. The Morgan fingerprint density at radius 2 is 1.25 bits per heavy atom. The van der Waals surface area contributed by atoms with E-state index >= 15 is 4.39 Å². The third kappa shape index (κ3) is 11.1. The summed E-state index contributed by atoms with van der Waals surface area (Å²) < 4.78 is 26.9. The summed E-state index contributed by atoms with van der Waals surface area (Å²) in [6.07, 6.45) is -1.71. The van der Waals surface area contributed by atoms with Crippen LogP contribution in [-0.2, 0) is 47.0 Å². The molecule has 0 aromatic heterocycles. The van der Waals surface area contributed by atoms with Crippen LogP contribution in [0.3, 0.4) is 0 Å². The first-order chi connectivity index (χ1) is 27.3. The molecule has 0 fully saturated rings. The molecule has 0 saturated heterocycles. The first-order valence-corrected chi connectivity index (χ1v) is 17.9. The summed E-state index contributed by atoms with van der Waals surface area (Å²) in [4.78, 5) is 42.0. The van der Waals surface area contributed by atoms with E-state index in [9.17, 15) is 14.4 Å². The highest BCUT2D eigenvalue weighted by atomic mass is 19.1. The van der Waals surface area contributed by atoms with Crippen LogP contribution in [-0.4, -0.2) is 23.9 Å². The van der Waals surface area contributed by atoms with E-state index in [0.717, 1.165) is 22.3 Å². The fourth-order valence-corrected chi connectivity index (χ4v) is 5.77. The van der Waals surface area contributed by atoms with Gasteiger partial charge in [-0.1, -0.05) is 133 Å². The Bertz CT molecular complexity index is 2290. The Balaban J connectivity index is 1.12. The summed E-state index contributed by atoms with van der Waals surface area (Å²) in [5, 5.41) is 8.76. The van der Waals surface area contributed by atoms with E-state index in [0.29, 0.717) is 28.9 Å². The number of amides is 3. The largest absolute Gasteiger partial charge is 0.444 e. The first-order valence-electron chi connectivity index (χ1n) is 17.9. The summed E-state index contributed by atoms with van der Waals surface area (Å²) in [5.74, 6) is -0.975. The SMILES string of the molecule is N/C(=N/C(=O)OCc1ccccc1)c1ccc(CNC(=O)Cc2c(-c3cccc(NC(=O)OCc4ccccc4)c3)ccc(NCc3ccccc3)c2F)cc1. The molecule has 3 amide bonds. The van der Waals surface area contributed by atoms with Gasteiger partial charge in [0.1, 0.15) is 19.0 Å². The number of hydrogen-bond donors (Lipinski definition) is 4. The zero-order chi connectivity index (χ0) is 39.1. The molecular weight excluding hydrogens is 710 g/mol. The minimum atomic E-state index is -0.807. The number of ether oxygens (including phenoxy) is 2. The van der Waals surface area contributed by atoms with Crippen LogP contribution in [0.5, 0.6) is 0 Å². The zero-order valence-corrected chi connectivity index (χ0v) is 30.4. The second-order valence-corrected chi connectivity index (χ2v) is 12.7. The molecule has 11 heteroatoms. The second kappa shape index (κ2) is 19.2. The molecule has 0 spiro atoms. The maximum Gasteiger partial charge on any atom is 0.435 e.